The largest absolute Gasteiger partial charge is 0.329 e. The third-order valence-corrected chi connectivity index (χ3v) is 1.83. The average molecular weight is 178 g/mol. The molecule has 0 unspecified atom stereocenters. The summed E-state index contributed by atoms with van der Waals surface area (Å²) in [4.78, 5) is 15.5. The first-order valence-corrected chi connectivity index (χ1v) is 4.05. The minimum absolute atomic E-state index is 0.643. The van der Waals surface area contributed by atoms with Crippen molar-refractivity contribution in [3.8, 4) is 0 Å². The molecule has 0 bridgehead atoms. The molecule has 0 aliphatic carbocycles. The maximum absolute atomic E-state index is 4.23. The fourth-order valence-electron chi connectivity index (χ4n) is 1.24. The van der Waals surface area contributed by atoms with E-state index in [1.165, 1.54) is 0 Å². The Kier molecular flexibility index (Phi) is 1.56. The number of aromatic amines is 1. The fraction of sp³-hybridized carbons (Fsp3) is 0.375. The van der Waals surface area contributed by atoms with Crippen LogP contribution >= 0.6 is 0 Å². The molecule has 0 aromatic carbocycles. The van der Waals surface area contributed by atoms with Crippen LogP contribution in [0.15, 0.2) is 12.7 Å². The number of nitrogens with one attached hydrogen (secondary N) is 1. The molecule has 0 radical (unpaired) electrons. The Labute approximate surface area is 76.0 Å². The Bertz CT molecular complexity index is 425. The Morgan fingerprint density at radius 1 is 1.15 bits per heavy atom. The van der Waals surface area contributed by atoms with Gasteiger partial charge in [-0.25, -0.2) is 9.97 Å². The molecule has 0 aliphatic rings. The van der Waals surface area contributed by atoms with E-state index in [0.29, 0.717) is 4.48 Å². The minimum atomic E-state index is 0.643. The van der Waals surface area contributed by atoms with Gasteiger partial charge >= 0.3 is 0 Å². The van der Waals surface area contributed by atoms with Crippen molar-refractivity contribution >= 4 is 17.0 Å². The predicted molar refractivity (Wildman–Crippen MR) is 51.2 cm³/mol. The van der Waals surface area contributed by atoms with Crippen LogP contribution in [0.2, 0.25) is 0 Å². The number of H-pyrrole nitrogens is 1. The zero-order valence-electron chi connectivity index (χ0n) is 7.94. The summed E-state index contributed by atoms with van der Waals surface area (Å²) >= 11 is 0. The Hall–Kier alpha value is -1.49. The Morgan fingerprint density at radius 2 is 1.92 bits per heavy atom. The second-order valence-corrected chi connectivity index (χ2v) is 3.81. The van der Waals surface area contributed by atoms with Gasteiger partial charge in [0.1, 0.15) is 6.33 Å². The van der Waals surface area contributed by atoms with Crippen LogP contribution in [0.3, 0.4) is 0 Å². The molecule has 0 saturated heterocycles. The van der Waals surface area contributed by atoms with Gasteiger partial charge in [-0.1, -0.05) is 0 Å². The van der Waals surface area contributed by atoms with Crippen molar-refractivity contribution < 1.29 is 0 Å². The van der Waals surface area contributed by atoms with Crippen LogP contribution < -0.4 is 4.48 Å². The van der Waals surface area contributed by atoms with E-state index in [9.17, 15) is 0 Å². The molecular weight excluding hydrogens is 166 g/mol. The standard InChI is InChI=1S/C8H12N5/c1-13(2,3)8-6-7(10-4-9-6)11-5-12-8/h4-5H,1-3H3,(H,9,10,11,12)/q+1. The van der Waals surface area contributed by atoms with Crippen molar-refractivity contribution in [2.24, 2.45) is 0 Å². The predicted octanol–water partition coefficient (Wildman–Crippen LogP) is 0.550. The first kappa shape index (κ1) is 8.12. The van der Waals surface area contributed by atoms with E-state index >= 15 is 0 Å². The molecule has 68 valence electrons. The van der Waals surface area contributed by atoms with E-state index in [4.69, 9.17) is 0 Å². The number of rotatable bonds is 1. The zero-order chi connectivity index (χ0) is 9.47. The summed E-state index contributed by atoms with van der Waals surface area (Å²) in [5.41, 5.74) is 1.63. The zero-order valence-corrected chi connectivity index (χ0v) is 7.94. The Balaban J connectivity index is 2.75. The average Bonchev–Trinajstić information content (AvgIpc) is 2.48. The number of aromatic nitrogens is 4. The second kappa shape index (κ2) is 2.50. The lowest BCUT2D eigenvalue weighted by molar-refractivity contribution is 0.476. The molecule has 0 spiro atoms. The van der Waals surface area contributed by atoms with Crippen molar-refractivity contribution in [1.82, 2.24) is 24.4 Å². The SMILES string of the molecule is C[N+](C)(C)c1ncnc2[nH]cnc12. The van der Waals surface area contributed by atoms with Crippen LogP contribution in [0.4, 0.5) is 5.82 Å². The summed E-state index contributed by atoms with van der Waals surface area (Å²) < 4.78 is 0.643. The van der Waals surface area contributed by atoms with E-state index in [1.54, 1.807) is 12.7 Å². The normalized spacial score (nSPS) is 12.2. The molecule has 5 heteroatoms. The van der Waals surface area contributed by atoms with Crippen molar-refractivity contribution in [3.63, 3.8) is 0 Å². The highest BCUT2D eigenvalue weighted by atomic mass is 15.3. The monoisotopic (exact) mass is 178 g/mol. The fourth-order valence-corrected chi connectivity index (χ4v) is 1.24. The molecule has 13 heavy (non-hydrogen) atoms. The maximum Gasteiger partial charge on any atom is 0.258 e. The maximum atomic E-state index is 4.23. The lowest BCUT2D eigenvalue weighted by Crippen LogP contribution is -2.36. The molecule has 0 atom stereocenters. The first-order valence-electron chi connectivity index (χ1n) is 4.05. The summed E-state index contributed by atoms with van der Waals surface area (Å²) in [6.45, 7) is 0. The minimum Gasteiger partial charge on any atom is -0.329 e. The van der Waals surface area contributed by atoms with Crippen molar-refractivity contribution in [2.75, 3.05) is 21.1 Å². The lowest BCUT2D eigenvalue weighted by atomic mass is 10.4. The second-order valence-electron chi connectivity index (χ2n) is 3.81. The van der Waals surface area contributed by atoms with Crippen LogP contribution in [0.5, 0.6) is 0 Å². The molecular formula is C8H12N5+. The van der Waals surface area contributed by atoms with Gasteiger partial charge in [0.05, 0.1) is 27.5 Å². The molecule has 1 N–H and O–H groups in total. The van der Waals surface area contributed by atoms with Gasteiger partial charge in [0.25, 0.3) is 5.82 Å². The number of fused-ring (bicyclic) bond motifs is 1. The summed E-state index contributed by atoms with van der Waals surface area (Å²) in [6, 6.07) is 0. The first-order chi connectivity index (χ1) is 6.09. The van der Waals surface area contributed by atoms with Gasteiger partial charge in [0.2, 0.25) is 0 Å². The van der Waals surface area contributed by atoms with Gasteiger partial charge in [-0.3, -0.25) is 4.48 Å². The number of quaternary nitrogens is 1. The highest BCUT2D eigenvalue weighted by molar-refractivity contribution is 5.81. The highest BCUT2D eigenvalue weighted by Gasteiger charge is 2.19. The van der Waals surface area contributed by atoms with Crippen LogP contribution in [0.1, 0.15) is 0 Å². The van der Waals surface area contributed by atoms with Crippen LogP contribution in [0, 0.1) is 0 Å². The molecule has 5 nitrogen and oxygen atoms in total. The third kappa shape index (κ3) is 1.27. The summed E-state index contributed by atoms with van der Waals surface area (Å²) in [5.74, 6) is 0.922. The molecule has 2 heterocycles. The van der Waals surface area contributed by atoms with Crippen molar-refractivity contribution in [2.45, 2.75) is 0 Å². The van der Waals surface area contributed by atoms with E-state index in [0.717, 1.165) is 17.0 Å². The lowest BCUT2D eigenvalue weighted by Gasteiger charge is -2.21. The molecule has 2 aromatic heterocycles. The summed E-state index contributed by atoms with van der Waals surface area (Å²) in [6.07, 6.45) is 3.19. The van der Waals surface area contributed by atoms with E-state index < -0.39 is 0 Å². The molecule has 0 fully saturated rings. The van der Waals surface area contributed by atoms with Gasteiger partial charge in [-0.15, -0.1) is 0 Å². The summed E-state index contributed by atoms with van der Waals surface area (Å²) in [5, 5.41) is 0. The Morgan fingerprint density at radius 3 is 2.62 bits per heavy atom. The molecule has 2 aromatic rings. The van der Waals surface area contributed by atoms with Crippen molar-refractivity contribution in [3.05, 3.63) is 12.7 Å². The van der Waals surface area contributed by atoms with Crippen LogP contribution in [-0.2, 0) is 0 Å². The molecule has 0 saturated carbocycles. The number of hydrogen-bond donors (Lipinski definition) is 1. The van der Waals surface area contributed by atoms with Gasteiger partial charge in [0.15, 0.2) is 11.2 Å². The third-order valence-electron chi connectivity index (χ3n) is 1.83. The molecule has 0 amide bonds. The molecule has 0 aliphatic heterocycles. The van der Waals surface area contributed by atoms with Gasteiger partial charge in [-0.05, 0) is 0 Å². The topological polar surface area (TPSA) is 54.5 Å². The summed E-state index contributed by atoms with van der Waals surface area (Å²) in [7, 11) is 6.16. The molecule has 2 rings (SSSR count). The van der Waals surface area contributed by atoms with Crippen LogP contribution in [-0.4, -0.2) is 41.1 Å². The smallest absolute Gasteiger partial charge is 0.258 e. The highest BCUT2D eigenvalue weighted by Crippen LogP contribution is 2.20. The van der Waals surface area contributed by atoms with E-state index in [1.807, 2.05) is 0 Å². The van der Waals surface area contributed by atoms with E-state index in [-0.39, 0.29) is 0 Å². The van der Waals surface area contributed by atoms with Gasteiger partial charge in [-0.2, -0.15) is 4.98 Å². The quantitative estimate of drug-likeness (QED) is 0.649. The van der Waals surface area contributed by atoms with Gasteiger partial charge < -0.3 is 4.98 Å². The number of nitrogens with zero attached hydrogens (tertiary/aromatic N) is 4. The van der Waals surface area contributed by atoms with Crippen LogP contribution in [0.25, 0.3) is 11.2 Å². The van der Waals surface area contributed by atoms with Gasteiger partial charge in [0, 0.05) is 0 Å². The van der Waals surface area contributed by atoms with Crippen molar-refractivity contribution in [1.29, 1.82) is 0 Å². The number of imidazole rings is 1. The number of hydrogen-bond acceptors (Lipinski definition) is 3. The van der Waals surface area contributed by atoms with E-state index in [2.05, 4.69) is 41.1 Å².